The largest absolute Gasteiger partial charge is 0.540 e. The predicted molar refractivity (Wildman–Crippen MR) is 171 cm³/mol. The second-order valence-electron chi connectivity index (χ2n) is 8.50. The number of hydrogen-bond acceptors (Lipinski definition) is 9. The van der Waals surface area contributed by atoms with Crippen LogP contribution in [0.5, 0.6) is 11.5 Å². The van der Waals surface area contributed by atoms with Crippen molar-refractivity contribution in [3.8, 4) is 11.5 Å². The number of methoxy groups -OCH3 is 1. The Morgan fingerprint density at radius 3 is 2.00 bits per heavy atom. The molecular formula is C28H37N3O6P3S+. The van der Waals surface area contributed by atoms with Crippen molar-refractivity contribution in [2.24, 2.45) is 5.10 Å². The van der Waals surface area contributed by atoms with Gasteiger partial charge < -0.3 is 22.8 Å². The van der Waals surface area contributed by atoms with Crippen molar-refractivity contribution in [3.05, 3.63) is 95.6 Å². The van der Waals surface area contributed by atoms with E-state index < -0.39 is 23.8 Å². The van der Waals surface area contributed by atoms with E-state index in [1.54, 1.807) is 53.6 Å². The minimum atomic E-state index is -1.42. The van der Waals surface area contributed by atoms with E-state index >= 15 is 0 Å². The molecule has 0 aliphatic heterocycles. The molecule has 2 unspecified atom stereocenters. The lowest BCUT2D eigenvalue weighted by Gasteiger charge is -2.36. The highest BCUT2D eigenvalue weighted by Gasteiger charge is 2.33. The van der Waals surface area contributed by atoms with Crippen molar-refractivity contribution in [1.82, 2.24) is 9.68 Å². The Morgan fingerprint density at radius 2 is 1.44 bits per heavy atom. The van der Waals surface area contributed by atoms with Crippen LogP contribution in [0.2, 0.25) is 0 Å². The number of hydrogen-bond donors (Lipinski definition) is 0. The Morgan fingerprint density at radius 1 is 0.829 bits per heavy atom. The molecule has 0 radical (unpaired) electrons. The topological polar surface area (TPSA) is 74.2 Å². The van der Waals surface area contributed by atoms with E-state index in [9.17, 15) is 0 Å². The van der Waals surface area contributed by atoms with E-state index in [0.717, 1.165) is 22.4 Å². The standard InChI is InChI=1S/C28H37N3O6P3S/c1-30(29-20-23-12-16-26(32-2)17-13-23)40(41)37-27-18-14-25(15-19-27)28(39(35-5)36-6)31(22-38(33-3)34-4)21-24-10-8-7-9-11-24/h7-20,28H,21-22H2,1-6H3/q+1/b29-20+. The molecule has 0 aromatic heterocycles. The molecule has 0 aliphatic rings. The molecule has 9 nitrogen and oxygen atoms in total. The van der Waals surface area contributed by atoms with Gasteiger partial charge in [-0.3, -0.25) is 9.42 Å². The zero-order chi connectivity index (χ0) is 29.6. The monoisotopic (exact) mass is 636 g/mol. The summed E-state index contributed by atoms with van der Waals surface area (Å²) >= 11 is 5.61. The van der Waals surface area contributed by atoms with Gasteiger partial charge in [0.2, 0.25) is 11.8 Å². The first-order valence-corrected chi connectivity index (χ1v) is 17.4. The van der Waals surface area contributed by atoms with E-state index in [2.05, 4.69) is 22.1 Å². The van der Waals surface area contributed by atoms with Gasteiger partial charge in [0.15, 0.2) is 22.5 Å². The fourth-order valence-electron chi connectivity index (χ4n) is 3.84. The zero-order valence-electron chi connectivity index (χ0n) is 24.1. The highest BCUT2D eigenvalue weighted by molar-refractivity contribution is 8.02. The Labute approximate surface area is 251 Å². The van der Waals surface area contributed by atoms with Crippen LogP contribution < -0.4 is 9.26 Å². The van der Waals surface area contributed by atoms with Crippen molar-refractivity contribution in [2.75, 3.05) is 48.9 Å². The summed E-state index contributed by atoms with van der Waals surface area (Å²) in [5.74, 6) is 1.26. The van der Waals surface area contributed by atoms with Gasteiger partial charge >= 0.3 is 7.07 Å². The predicted octanol–water partition coefficient (Wildman–Crippen LogP) is 7.48. The maximum atomic E-state index is 6.07. The molecule has 0 saturated heterocycles. The molecule has 3 rings (SSSR count). The van der Waals surface area contributed by atoms with Crippen LogP contribution in [0.1, 0.15) is 22.5 Å². The average Bonchev–Trinajstić information content (AvgIpc) is 3.02. The molecule has 2 atom stereocenters. The maximum Gasteiger partial charge on any atom is 0.540 e. The molecule has 0 heterocycles. The van der Waals surface area contributed by atoms with Crippen LogP contribution in [-0.2, 0) is 36.4 Å². The molecular weight excluding hydrogens is 599 g/mol. The third kappa shape index (κ3) is 10.3. The first-order chi connectivity index (χ1) is 19.9. The number of hydrazone groups is 1. The van der Waals surface area contributed by atoms with Crippen LogP contribution in [-0.4, -0.2) is 64.8 Å². The van der Waals surface area contributed by atoms with Crippen molar-refractivity contribution in [3.63, 3.8) is 0 Å². The Kier molecular flexibility index (Phi) is 14.5. The van der Waals surface area contributed by atoms with Gasteiger partial charge in [0, 0.05) is 35.0 Å². The molecule has 3 aromatic rings. The highest BCUT2D eigenvalue weighted by atomic mass is 32.4. The van der Waals surface area contributed by atoms with E-state index in [4.69, 9.17) is 39.2 Å². The third-order valence-corrected chi connectivity index (χ3v) is 11.0. The molecule has 0 saturated carbocycles. The molecule has 0 aliphatic carbocycles. The zero-order valence-corrected chi connectivity index (χ0v) is 27.6. The minimum absolute atomic E-state index is 0.189. The first-order valence-electron chi connectivity index (χ1n) is 12.6. The molecule has 0 N–H and O–H groups in total. The molecule has 0 bridgehead atoms. The van der Waals surface area contributed by atoms with Gasteiger partial charge in [-0.05, 0) is 53.1 Å². The Bertz CT molecular complexity index is 1220. The summed E-state index contributed by atoms with van der Waals surface area (Å²) in [6.07, 6.45) is 2.31. The van der Waals surface area contributed by atoms with Gasteiger partial charge in [-0.1, -0.05) is 47.2 Å². The Hall–Kier alpha value is -2.09. The van der Waals surface area contributed by atoms with Crippen molar-refractivity contribution in [2.45, 2.75) is 12.3 Å². The maximum absolute atomic E-state index is 6.07. The second-order valence-corrected chi connectivity index (χ2v) is 14.1. The van der Waals surface area contributed by atoms with E-state index in [1.807, 2.05) is 66.7 Å². The van der Waals surface area contributed by atoms with E-state index in [1.165, 1.54) is 0 Å². The summed E-state index contributed by atoms with van der Waals surface area (Å²) in [5, 5.41) is 4.45. The van der Waals surface area contributed by atoms with Crippen LogP contribution >= 0.6 is 23.8 Å². The van der Waals surface area contributed by atoms with Gasteiger partial charge in [0.25, 0.3) is 0 Å². The quantitative estimate of drug-likeness (QED) is 0.0852. The van der Waals surface area contributed by atoms with Crippen LogP contribution in [0.4, 0.5) is 0 Å². The van der Waals surface area contributed by atoms with Gasteiger partial charge in [0.1, 0.15) is 11.5 Å². The number of nitrogens with zero attached hydrogens (tertiary/aromatic N) is 3. The van der Waals surface area contributed by atoms with Crippen LogP contribution in [0.15, 0.2) is 84.0 Å². The number of benzene rings is 3. The summed E-state index contributed by atoms with van der Waals surface area (Å²) < 4.78 is 35.8. The SMILES string of the molecule is COc1ccc(/C=N/N(C)[P+](=S)Oc2ccc(C(N(Cc3ccccc3)CP(OC)OC)P(OC)OC)cc2)cc1. The van der Waals surface area contributed by atoms with Crippen molar-refractivity contribution in [1.29, 1.82) is 0 Å². The lowest BCUT2D eigenvalue weighted by molar-refractivity contribution is 0.221. The summed E-state index contributed by atoms with van der Waals surface area (Å²) in [5.41, 5.74) is 3.12. The molecule has 3 aromatic carbocycles. The lowest BCUT2D eigenvalue weighted by atomic mass is 10.1. The first kappa shape index (κ1) is 33.4. The normalized spacial score (nSPS) is 12.8. The van der Waals surface area contributed by atoms with Gasteiger partial charge in [-0.2, -0.15) is 0 Å². The van der Waals surface area contributed by atoms with Crippen LogP contribution in [0, 0.1) is 0 Å². The number of ether oxygens (including phenoxy) is 1. The summed E-state index contributed by atoms with van der Waals surface area (Å²) in [7, 11) is 6.25. The van der Waals surface area contributed by atoms with Crippen LogP contribution in [0.25, 0.3) is 0 Å². The molecule has 0 spiro atoms. The molecule has 220 valence electrons. The van der Waals surface area contributed by atoms with E-state index in [-0.39, 0.29) is 5.78 Å². The molecule has 0 fully saturated rings. The third-order valence-electron chi connectivity index (χ3n) is 5.93. The second kappa shape index (κ2) is 17.8. The molecule has 13 heteroatoms. The fourth-order valence-corrected chi connectivity index (χ4v) is 7.25. The van der Waals surface area contributed by atoms with Gasteiger partial charge in [0.05, 0.1) is 26.7 Å². The molecule has 0 amide bonds. The van der Waals surface area contributed by atoms with Crippen molar-refractivity contribution >= 4 is 41.8 Å². The number of rotatable bonds is 17. The fraction of sp³-hybridized carbons (Fsp3) is 0.321. The lowest BCUT2D eigenvalue weighted by Crippen LogP contribution is -2.29. The van der Waals surface area contributed by atoms with Crippen LogP contribution in [0.3, 0.4) is 0 Å². The summed E-state index contributed by atoms with van der Waals surface area (Å²) in [6, 6.07) is 25.8. The summed E-state index contributed by atoms with van der Waals surface area (Å²) in [6.45, 7) is 0.662. The highest BCUT2D eigenvalue weighted by Crippen LogP contribution is 2.56. The minimum Gasteiger partial charge on any atom is -0.497 e. The van der Waals surface area contributed by atoms with Gasteiger partial charge in [-0.15, -0.1) is 5.10 Å². The average molecular weight is 637 g/mol. The van der Waals surface area contributed by atoms with Crippen molar-refractivity contribution < 1.29 is 27.4 Å². The van der Waals surface area contributed by atoms with Gasteiger partial charge in [-0.25, -0.2) is 0 Å². The smallest absolute Gasteiger partial charge is 0.497 e. The molecule has 41 heavy (non-hydrogen) atoms. The Balaban J connectivity index is 1.78. The summed E-state index contributed by atoms with van der Waals surface area (Å²) in [4.78, 5) is 2.28. The van der Waals surface area contributed by atoms with E-state index in [0.29, 0.717) is 18.6 Å².